The highest BCUT2D eigenvalue weighted by Gasteiger charge is 2.19. The highest BCUT2D eigenvalue weighted by Crippen LogP contribution is 2.15. The summed E-state index contributed by atoms with van der Waals surface area (Å²) in [7, 11) is 0. The number of benzene rings is 1. The maximum absolute atomic E-state index is 13.4. The summed E-state index contributed by atoms with van der Waals surface area (Å²) in [5.41, 5.74) is -0.000556. The van der Waals surface area contributed by atoms with E-state index in [0.29, 0.717) is 5.02 Å². The third kappa shape index (κ3) is 3.56. The molecule has 1 atom stereocenters. The van der Waals surface area contributed by atoms with Crippen molar-refractivity contribution in [2.45, 2.75) is 12.5 Å². The number of amides is 1. The molecule has 3 nitrogen and oxygen atoms in total. The number of carbonyl (C=O) groups is 1. The van der Waals surface area contributed by atoms with E-state index in [9.17, 15) is 9.18 Å². The van der Waals surface area contributed by atoms with Crippen LogP contribution >= 0.6 is 24.0 Å². The molecule has 6 heteroatoms. The molecule has 0 radical (unpaired) electrons. The van der Waals surface area contributed by atoms with Gasteiger partial charge in [-0.1, -0.05) is 11.6 Å². The zero-order valence-corrected chi connectivity index (χ0v) is 10.6. The largest absolute Gasteiger partial charge is 0.348 e. The minimum Gasteiger partial charge on any atom is -0.348 e. The Balaban J connectivity index is 0.00000144. The van der Waals surface area contributed by atoms with Gasteiger partial charge in [-0.2, -0.15) is 0 Å². The third-order valence-electron chi connectivity index (χ3n) is 2.57. The molecular weight excluding hydrogens is 266 g/mol. The standard InChI is InChI=1S/C11H12ClFN2O.ClH/c12-7-1-2-10(13)9(5-7)11(16)15-8-3-4-14-6-8;/h1-2,5,8,14H,3-4,6H2,(H,15,16);1H. The van der Waals surface area contributed by atoms with Crippen LogP contribution in [0.4, 0.5) is 4.39 Å². The molecule has 17 heavy (non-hydrogen) atoms. The van der Waals surface area contributed by atoms with Crippen LogP contribution < -0.4 is 10.6 Å². The van der Waals surface area contributed by atoms with Crippen LogP contribution in [0, 0.1) is 5.82 Å². The van der Waals surface area contributed by atoms with Gasteiger partial charge in [-0.05, 0) is 31.2 Å². The summed E-state index contributed by atoms with van der Waals surface area (Å²) in [6, 6.07) is 4.04. The summed E-state index contributed by atoms with van der Waals surface area (Å²) in [5, 5.41) is 6.24. The average Bonchev–Trinajstić information content (AvgIpc) is 2.74. The molecule has 1 saturated heterocycles. The van der Waals surface area contributed by atoms with Crippen molar-refractivity contribution in [2.24, 2.45) is 0 Å². The minimum atomic E-state index is -0.548. The number of carbonyl (C=O) groups excluding carboxylic acids is 1. The van der Waals surface area contributed by atoms with Crippen molar-refractivity contribution in [3.05, 3.63) is 34.6 Å². The Hall–Kier alpha value is -0.840. The Labute approximate surface area is 110 Å². The summed E-state index contributed by atoms with van der Waals surface area (Å²) in [4.78, 5) is 11.7. The van der Waals surface area contributed by atoms with Gasteiger partial charge in [0.1, 0.15) is 5.82 Å². The summed E-state index contributed by atoms with van der Waals surface area (Å²) in [6.45, 7) is 1.61. The fourth-order valence-corrected chi connectivity index (χ4v) is 1.88. The van der Waals surface area contributed by atoms with Crippen molar-refractivity contribution in [1.29, 1.82) is 0 Å². The van der Waals surface area contributed by atoms with E-state index in [4.69, 9.17) is 11.6 Å². The number of hydrogen-bond donors (Lipinski definition) is 2. The van der Waals surface area contributed by atoms with Gasteiger partial charge in [0, 0.05) is 17.6 Å². The first-order chi connectivity index (χ1) is 7.66. The van der Waals surface area contributed by atoms with E-state index in [1.807, 2.05) is 0 Å². The topological polar surface area (TPSA) is 41.1 Å². The molecule has 0 saturated carbocycles. The van der Waals surface area contributed by atoms with Crippen LogP contribution in [0.2, 0.25) is 5.02 Å². The van der Waals surface area contributed by atoms with E-state index in [0.717, 1.165) is 19.5 Å². The first-order valence-corrected chi connectivity index (χ1v) is 5.51. The van der Waals surface area contributed by atoms with E-state index in [1.165, 1.54) is 18.2 Å². The van der Waals surface area contributed by atoms with Crippen LogP contribution in [-0.2, 0) is 0 Å². The first kappa shape index (κ1) is 14.2. The van der Waals surface area contributed by atoms with Crippen molar-refractivity contribution in [3.63, 3.8) is 0 Å². The Morgan fingerprint density at radius 1 is 1.53 bits per heavy atom. The fourth-order valence-electron chi connectivity index (χ4n) is 1.71. The van der Waals surface area contributed by atoms with Crippen molar-refractivity contribution >= 4 is 29.9 Å². The Morgan fingerprint density at radius 2 is 2.29 bits per heavy atom. The molecule has 1 aromatic rings. The van der Waals surface area contributed by atoms with Gasteiger partial charge >= 0.3 is 0 Å². The van der Waals surface area contributed by atoms with E-state index >= 15 is 0 Å². The van der Waals surface area contributed by atoms with Crippen molar-refractivity contribution in [2.75, 3.05) is 13.1 Å². The quantitative estimate of drug-likeness (QED) is 0.869. The monoisotopic (exact) mass is 278 g/mol. The molecule has 0 bridgehead atoms. The Bertz CT molecular complexity index is 408. The van der Waals surface area contributed by atoms with Gasteiger partial charge in [0.05, 0.1) is 5.56 Å². The van der Waals surface area contributed by atoms with Gasteiger partial charge < -0.3 is 10.6 Å². The number of nitrogens with one attached hydrogen (secondary N) is 2. The zero-order chi connectivity index (χ0) is 11.5. The van der Waals surface area contributed by atoms with Crippen molar-refractivity contribution in [3.8, 4) is 0 Å². The summed E-state index contributed by atoms with van der Waals surface area (Å²) in [5.74, 6) is -0.957. The molecule has 94 valence electrons. The summed E-state index contributed by atoms with van der Waals surface area (Å²) < 4.78 is 13.4. The number of hydrogen-bond acceptors (Lipinski definition) is 2. The van der Waals surface area contributed by atoms with Gasteiger partial charge in [-0.25, -0.2) is 4.39 Å². The molecule has 0 aliphatic carbocycles. The normalized spacial score (nSPS) is 18.6. The molecule has 1 aliphatic heterocycles. The molecule has 0 spiro atoms. The molecule has 1 aromatic carbocycles. The van der Waals surface area contributed by atoms with Crippen LogP contribution in [0.5, 0.6) is 0 Å². The van der Waals surface area contributed by atoms with E-state index < -0.39 is 11.7 Å². The van der Waals surface area contributed by atoms with E-state index in [2.05, 4.69) is 10.6 Å². The molecular formula is C11H13Cl2FN2O. The van der Waals surface area contributed by atoms with Crippen LogP contribution in [0.25, 0.3) is 0 Å². The predicted octanol–water partition coefficient (Wildman–Crippen LogP) is 1.99. The molecule has 2 rings (SSSR count). The molecule has 1 amide bonds. The minimum absolute atomic E-state index is 0. The lowest BCUT2D eigenvalue weighted by atomic mass is 10.1. The maximum Gasteiger partial charge on any atom is 0.254 e. The summed E-state index contributed by atoms with van der Waals surface area (Å²) in [6.07, 6.45) is 0.869. The molecule has 0 aromatic heterocycles. The van der Waals surface area contributed by atoms with E-state index in [1.54, 1.807) is 0 Å². The Kier molecular flexibility index (Phi) is 5.18. The van der Waals surface area contributed by atoms with E-state index in [-0.39, 0.29) is 24.0 Å². The second kappa shape index (κ2) is 6.19. The average molecular weight is 279 g/mol. The molecule has 1 fully saturated rings. The zero-order valence-electron chi connectivity index (χ0n) is 9.00. The fraction of sp³-hybridized carbons (Fsp3) is 0.364. The van der Waals surface area contributed by atoms with Crippen molar-refractivity contribution in [1.82, 2.24) is 10.6 Å². The lowest BCUT2D eigenvalue weighted by molar-refractivity contribution is 0.0936. The SMILES string of the molecule is Cl.O=C(NC1CCNC1)c1cc(Cl)ccc1F. The molecule has 2 N–H and O–H groups in total. The van der Waals surface area contributed by atoms with Gasteiger partial charge in [0.2, 0.25) is 0 Å². The molecule has 1 unspecified atom stereocenters. The highest BCUT2D eigenvalue weighted by molar-refractivity contribution is 6.31. The van der Waals surface area contributed by atoms with Gasteiger partial charge in [0.25, 0.3) is 5.91 Å². The van der Waals surface area contributed by atoms with Crippen LogP contribution in [-0.4, -0.2) is 25.0 Å². The number of halogens is 3. The van der Waals surface area contributed by atoms with Gasteiger partial charge in [-0.3, -0.25) is 4.79 Å². The van der Waals surface area contributed by atoms with Gasteiger partial charge in [0.15, 0.2) is 0 Å². The predicted molar refractivity (Wildman–Crippen MR) is 67.4 cm³/mol. The van der Waals surface area contributed by atoms with Crippen LogP contribution in [0.15, 0.2) is 18.2 Å². The van der Waals surface area contributed by atoms with Crippen LogP contribution in [0.1, 0.15) is 16.8 Å². The first-order valence-electron chi connectivity index (χ1n) is 5.13. The smallest absolute Gasteiger partial charge is 0.254 e. The molecule has 1 aliphatic rings. The highest BCUT2D eigenvalue weighted by atomic mass is 35.5. The van der Waals surface area contributed by atoms with Crippen LogP contribution in [0.3, 0.4) is 0 Å². The Morgan fingerprint density at radius 3 is 2.94 bits per heavy atom. The maximum atomic E-state index is 13.4. The molecule has 1 heterocycles. The van der Waals surface area contributed by atoms with Crippen molar-refractivity contribution < 1.29 is 9.18 Å². The lowest BCUT2D eigenvalue weighted by Gasteiger charge is -2.11. The lowest BCUT2D eigenvalue weighted by Crippen LogP contribution is -2.36. The summed E-state index contributed by atoms with van der Waals surface area (Å²) >= 11 is 5.72. The third-order valence-corrected chi connectivity index (χ3v) is 2.80. The second-order valence-electron chi connectivity index (χ2n) is 3.79. The van der Waals surface area contributed by atoms with Gasteiger partial charge in [-0.15, -0.1) is 12.4 Å². The second-order valence-corrected chi connectivity index (χ2v) is 4.22. The number of rotatable bonds is 2.